The highest BCUT2D eigenvalue weighted by Gasteiger charge is 2.08. The minimum atomic E-state index is -0.423. The van der Waals surface area contributed by atoms with Gasteiger partial charge in [-0.1, -0.05) is 11.6 Å². The van der Waals surface area contributed by atoms with Crippen molar-refractivity contribution in [1.82, 2.24) is 4.98 Å². The molecule has 0 fully saturated rings. The Morgan fingerprint density at radius 2 is 1.74 bits per heavy atom. The molecule has 1 heterocycles. The van der Waals surface area contributed by atoms with Crippen LogP contribution in [0.5, 0.6) is 0 Å². The number of carbonyl (C=O) groups is 1. The summed E-state index contributed by atoms with van der Waals surface area (Å²) in [7, 11) is 0. The largest absolute Gasteiger partial charge is 0.366 e. The van der Waals surface area contributed by atoms with Crippen molar-refractivity contribution in [2.45, 2.75) is 20.8 Å². The third-order valence-corrected chi connectivity index (χ3v) is 3.82. The zero-order valence-electron chi connectivity index (χ0n) is 13.5. The number of rotatable bonds is 3. The maximum atomic E-state index is 11.2. The highest BCUT2D eigenvalue weighted by atomic mass is 16.1. The maximum absolute atomic E-state index is 11.2. The third-order valence-electron chi connectivity index (χ3n) is 3.82. The molecular formula is C19H19N3O. The Hall–Kier alpha value is -2.88. The van der Waals surface area contributed by atoms with Gasteiger partial charge in [-0.25, -0.2) is 0 Å². The highest BCUT2D eigenvalue weighted by Crippen LogP contribution is 2.29. The Balaban J connectivity index is 2.07. The Bertz CT molecular complexity index is 899. The molecule has 23 heavy (non-hydrogen) atoms. The van der Waals surface area contributed by atoms with Gasteiger partial charge in [0.05, 0.1) is 5.52 Å². The second kappa shape index (κ2) is 5.72. The van der Waals surface area contributed by atoms with Crippen LogP contribution in [-0.4, -0.2) is 10.9 Å². The maximum Gasteiger partial charge on any atom is 0.248 e. The number of nitrogens with one attached hydrogen (secondary N) is 1. The number of fused-ring (bicyclic) bond motifs is 1. The summed E-state index contributed by atoms with van der Waals surface area (Å²) in [4.78, 5) is 15.8. The van der Waals surface area contributed by atoms with Gasteiger partial charge in [-0.05, 0) is 62.7 Å². The Morgan fingerprint density at radius 3 is 2.39 bits per heavy atom. The summed E-state index contributed by atoms with van der Waals surface area (Å²) in [5.74, 6) is -0.423. The van der Waals surface area contributed by atoms with Crippen LogP contribution in [0.3, 0.4) is 0 Å². The predicted octanol–water partition coefficient (Wildman–Crippen LogP) is 4.00. The van der Waals surface area contributed by atoms with Crippen molar-refractivity contribution in [2.75, 3.05) is 5.32 Å². The van der Waals surface area contributed by atoms with Crippen LogP contribution in [0.2, 0.25) is 0 Å². The lowest BCUT2D eigenvalue weighted by atomic mass is 10.0. The summed E-state index contributed by atoms with van der Waals surface area (Å²) in [6.07, 6.45) is 0. The summed E-state index contributed by atoms with van der Waals surface area (Å²) in [6.45, 7) is 6.14. The molecule has 3 rings (SSSR count). The van der Waals surface area contributed by atoms with Crippen LogP contribution in [0, 0.1) is 20.8 Å². The molecule has 3 N–H and O–H groups in total. The lowest BCUT2D eigenvalue weighted by molar-refractivity contribution is 0.100. The first-order chi connectivity index (χ1) is 10.9. The average Bonchev–Trinajstić information content (AvgIpc) is 2.49. The molecule has 0 aliphatic heterocycles. The number of primary amides is 1. The van der Waals surface area contributed by atoms with Crippen LogP contribution in [0.25, 0.3) is 10.9 Å². The SMILES string of the molecule is Cc1cc(C)c2nc(C)cc(Nc3ccc(C(N)=O)cc3)c2c1. The molecule has 2 aromatic carbocycles. The van der Waals surface area contributed by atoms with Gasteiger partial charge in [0, 0.05) is 28.0 Å². The van der Waals surface area contributed by atoms with Crippen LogP contribution in [0.4, 0.5) is 11.4 Å². The number of pyridine rings is 1. The van der Waals surface area contributed by atoms with Crippen LogP contribution >= 0.6 is 0 Å². The van der Waals surface area contributed by atoms with Gasteiger partial charge in [0.2, 0.25) is 5.91 Å². The molecule has 1 amide bonds. The van der Waals surface area contributed by atoms with E-state index < -0.39 is 5.91 Å². The van der Waals surface area contributed by atoms with Gasteiger partial charge in [-0.2, -0.15) is 0 Å². The number of aromatic nitrogens is 1. The van der Waals surface area contributed by atoms with E-state index in [0.717, 1.165) is 33.5 Å². The Labute approximate surface area is 135 Å². The minimum Gasteiger partial charge on any atom is -0.366 e. The van der Waals surface area contributed by atoms with Crippen molar-refractivity contribution < 1.29 is 4.79 Å². The number of nitrogens with two attached hydrogens (primary N) is 1. The molecular weight excluding hydrogens is 286 g/mol. The van der Waals surface area contributed by atoms with Crippen molar-refractivity contribution in [3.63, 3.8) is 0 Å². The number of carbonyl (C=O) groups excluding carboxylic acids is 1. The first-order valence-electron chi connectivity index (χ1n) is 7.49. The number of hydrogen-bond acceptors (Lipinski definition) is 3. The predicted molar refractivity (Wildman–Crippen MR) is 94.2 cm³/mol. The van der Waals surface area contributed by atoms with E-state index in [2.05, 4.69) is 36.3 Å². The summed E-state index contributed by atoms with van der Waals surface area (Å²) in [6, 6.07) is 13.4. The van der Waals surface area contributed by atoms with E-state index in [1.165, 1.54) is 5.56 Å². The fourth-order valence-electron chi connectivity index (χ4n) is 2.79. The zero-order chi connectivity index (χ0) is 16.6. The number of anilines is 2. The van der Waals surface area contributed by atoms with Crippen molar-refractivity contribution >= 4 is 28.2 Å². The quantitative estimate of drug-likeness (QED) is 0.768. The van der Waals surface area contributed by atoms with E-state index in [4.69, 9.17) is 5.73 Å². The van der Waals surface area contributed by atoms with Gasteiger partial charge in [0.15, 0.2) is 0 Å². The molecule has 0 spiro atoms. The minimum absolute atomic E-state index is 0.423. The molecule has 1 aromatic heterocycles. The van der Waals surface area contributed by atoms with Crippen LogP contribution in [-0.2, 0) is 0 Å². The number of amides is 1. The van der Waals surface area contributed by atoms with E-state index in [-0.39, 0.29) is 0 Å². The van der Waals surface area contributed by atoms with Crippen molar-refractivity contribution in [3.05, 3.63) is 64.8 Å². The molecule has 0 saturated carbocycles. The first-order valence-corrected chi connectivity index (χ1v) is 7.49. The van der Waals surface area contributed by atoms with E-state index in [9.17, 15) is 4.79 Å². The fourth-order valence-corrected chi connectivity index (χ4v) is 2.79. The van der Waals surface area contributed by atoms with Gasteiger partial charge < -0.3 is 11.1 Å². The molecule has 0 unspecified atom stereocenters. The molecule has 0 saturated heterocycles. The average molecular weight is 305 g/mol. The summed E-state index contributed by atoms with van der Waals surface area (Å²) in [5.41, 5.74) is 12.0. The summed E-state index contributed by atoms with van der Waals surface area (Å²) in [5, 5.41) is 4.51. The van der Waals surface area contributed by atoms with Crippen molar-refractivity contribution in [1.29, 1.82) is 0 Å². The molecule has 0 atom stereocenters. The fraction of sp³-hybridized carbons (Fsp3) is 0.158. The van der Waals surface area contributed by atoms with E-state index >= 15 is 0 Å². The molecule has 0 aliphatic rings. The first kappa shape index (κ1) is 15.0. The van der Waals surface area contributed by atoms with Crippen LogP contribution < -0.4 is 11.1 Å². The lowest BCUT2D eigenvalue weighted by Crippen LogP contribution is -2.10. The molecule has 116 valence electrons. The number of benzene rings is 2. The monoisotopic (exact) mass is 305 g/mol. The number of aryl methyl sites for hydroxylation is 3. The van der Waals surface area contributed by atoms with Gasteiger partial charge in [-0.15, -0.1) is 0 Å². The van der Waals surface area contributed by atoms with Gasteiger partial charge in [-0.3, -0.25) is 9.78 Å². The molecule has 3 aromatic rings. The van der Waals surface area contributed by atoms with Crippen molar-refractivity contribution in [3.8, 4) is 0 Å². The van der Waals surface area contributed by atoms with Crippen LogP contribution in [0.1, 0.15) is 27.2 Å². The van der Waals surface area contributed by atoms with Gasteiger partial charge >= 0.3 is 0 Å². The van der Waals surface area contributed by atoms with E-state index in [1.807, 2.05) is 25.1 Å². The molecule has 0 radical (unpaired) electrons. The van der Waals surface area contributed by atoms with Gasteiger partial charge in [0.1, 0.15) is 0 Å². The highest BCUT2D eigenvalue weighted by molar-refractivity contribution is 5.96. The van der Waals surface area contributed by atoms with Gasteiger partial charge in [0.25, 0.3) is 0 Å². The molecule has 4 nitrogen and oxygen atoms in total. The number of nitrogens with zero attached hydrogens (tertiary/aromatic N) is 1. The Kier molecular flexibility index (Phi) is 3.74. The standard InChI is InChI=1S/C19H19N3O/c1-11-8-12(2)18-16(9-11)17(10-13(3)21-18)22-15-6-4-14(5-7-15)19(20)23/h4-10H,1-3H3,(H2,20,23)(H,21,22). The smallest absolute Gasteiger partial charge is 0.248 e. The normalized spacial score (nSPS) is 10.7. The number of hydrogen-bond donors (Lipinski definition) is 2. The van der Waals surface area contributed by atoms with Crippen LogP contribution in [0.15, 0.2) is 42.5 Å². The molecule has 0 aliphatic carbocycles. The molecule has 0 bridgehead atoms. The summed E-state index contributed by atoms with van der Waals surface area (Å²) >= 11 is 0. The lowest BCUT2D eigenvalue weighted by Gasteiger charge is -2.13. The van der Waals surface area contributed by atoms with E-state index in [1.54, 1.807) is 12.1 Å². The third kappa shape index (κ3) is 3.01. The second-order valence-corrected chi connectivity index (χ2v) is 5.86. The van der Waals surface area contributed by atoms with E-state index in [0.29, 0.717) is 5.56 Å². The summed E-state index contributed by atoms with van der Waals surface area (Å²) < 4.78 is 0. The topological polar surface area (TPSA) is 68.0 Å². The van der Waals surface area contributed by atoms with Crippen molar-refractivity contribution in [2.24, 2.45) is 5.73 Å². The zero-order valence-corrected chi connectivity index (χ0v) is 13.5. The second-order valence-electron chi connectivity index (χ2n) is 5.86. The Morgan fingerprint density at radius 1 is 1.04 bits per heavy atom. The molecule has 4 heteroatoms.